The second kappa shape index (κ2) is 6.66. The molecule has 0 spiro atoms. The number of hydrogen-bond acceptors (Lipinski definition) is 3. The molecule has 19 heavy (non-hydrogen) atoms. The Labute approximate surface area is 114 Å². The number of nitro groups is 1. The lowest BCUT2D eigenvalue weighted by Gasteiger charge is -2.21. The highest BCUT2D eigenvalue weighted by Gasteiger charge is 2.23. The van der Waals surface area contributed by atoms with Crippen LogP contribution >= 0.6 is 0 Å². The summed E-state index contributed by atoms with van der Waals surface area (Å²) < 4.78 is 0. The van der Waals surface area contributed by atoms with Crippen LogP contribution in [-0.2, 0) is 6.42 Å². The smallest absolute Gasteiger partial charge is 0.269 e. The van der Waals surface area contributed by atoms with Crippen LogP contribution in [0.25, 0.3) is 0 Å². The van der Waals surface area contributed by atoms with Gasteiger partial charge in [-0.1, -0.05) is 19.1 Å². The predicted octanol–water partition coefficient (Wildman–Crippen LogP) is 3.26. The Hall–Kier alpha value is -1.42. The number of hydrogen-bond donors (Lipinski definition) is 0. The van der Waals surface area contributed by atoms with Crippen molar-refractivity contribution in [2.24, 2.45) is 5.92 Å². The zero-order valence-electron chi connectivity index (χ0n) is 11.5. The van der Waals surface area contributed by atoms with Crippen LogP contribution in [0.1, 0.15) is 31.7 Å². The fourth-order valence-corrected chi connectivity index (χ4v) is 2.35. The normalized spacial score (nSPS) is 14.8. The average Bonchev–Trinajstić information content (AvgIpc) is 3.21. The highest BCUT2D eigenvalue weighted by molar-refractivity contribution is 5.32. The maximum absolute atomic E-state index is 10.6. The molecule has 1 saturated carbocycles. The van der Waals surface area contributed by atoms with Gasteiger partial charge in [-0.05, 0) is 43.7 Å². The second-order valence-corrected chi connectivity index (χ2v) is 5.42. The van der Waals surface area contributed by atoms with Crippen LogP contribution in [0.3, 0.4) is 0 Å². The molecule has 1 aromatic rings. The van der Waals surface area contributed by atoms with Crippen molar-refractivity contribution in [1.29, 1.82) is 0 Å². The third-order valence-corrected chi connectivity index (χ3v) is 3.62. The molecule has 104 valence electrons. The number of non-ortho nitro benzene ring substituents is 1. The molecule has 0 aliphatic heterocycles. The van der Waals surface area contributed by atoms with Crippen molar-refractivity contribution < 1.29 is 4.92 Å². The highest BCUT2D eigenvalue weighted by atomic mass is 16.6. The van der Waals surface area contributed by atoms with Gasteiger partial charge >= 0.3 is 0 Å². The summed E-state index contributed by atoms with van der Waals surface area (Å²) in [6, 6.07) is 6.94. The molecule has 0 radical (unpaired) electrons. The summed E-state index contributed by atoms with van der Waals surface area (Å²) in [6.45, 7) is 5.65. The van der Waals surface area contributed by atoms with Crippen molar-refractivity contribution in [2.75, 3.05) is 19.6 Å². The highest BCUT2D eigenvalue weighted by Crippen LogP contribution is 2.29. The molecule has 0 amide bonds. The molecule has 4 nitrogen and oxygen atoms in total. The SMILES string of the molecule is CCCN(CCc1ccc([N+](=O)[O-])cc1)CC1CC1. The molecule has 0 atom stereocenters. The number of nitrogens with zero attached hydrogens (tertiary/aromatic N) is 2. The molecule has 0 heterocycles. The van der Waals surface area contributed by atoms with E-state index in [9.17, 15) is 10.1 Å². The summed E-state index contributed by atoms with van der Waals surface area (Å²) in [7, 11) is 0. The first kappa shape index (κ1) is 14.0. The zero-order chi connectivity index (χ0) is 13.7. The zero-order valence-corrected chi connectivity index (χ0v) is 11.5. The van der Waals surface area contributed by atoms with Gasteiger partial charge in [0.2, 0.25) is 0 Å². The minimum Gasteiger partial charge on any atom is -0.303 e. The van der Waals surface area contributed by atoms with Crippen molar-refractivity contribution in [3.05, 3.63) is 39.9 Å². The van der Waals surface area contributed by atoms with E-state index in [2.05, 4.69) is 11.8 Å². The molecule has 0 saturated heterocycles. The fraction of sp³-hybridized carbons (Fsp3) is 0.600. The molecule has 1 fully saturated rings. The molecule has 1 aliphatic carbocycles. The molecular weight excluding hydrogens is 240 g/mol. The maximum atomic E-state index is 10.6. The van der Waals surface area contributed by atoms with Crippen molar-refractivity contribution in [3.8, 4) is 0 Å². The molecule has 0 bridgehead atoms. The van der Waals surface area contributed by atoms with Crippen molar-refractivity contribution in [2.45, 2.75) is 32.6 Å². The number of benzene rings is 1. The minimum atomic E-state index is -0.347. The Morgan fingerprint density at radius 2 is 1.95 bits per heavy atom. The van der Waals surface area contributed by atoms with Gasteiger partial charge in [-0.25, -0.2) is 0 Å². The fourth-order valence-electron chi connectivity index (χ4n) is 2.35. The van der Waals surface area contributed by atoms with Crippen molar-refractivity contribution >= 4 is 5.69 Å². The summed E-state index contributed by atoms with van der Waals surface area (Å²) in [5.41, 5.74) is 1.36. The first-order valence-electron chi connectivity index (χ1n) is 7.14. The van der Waals surface area contributed by atoms with E-state index in [1.54, 1.807) is 12.1 Å². The van der Waals surface area contributed by atoms with Gasteiger partial charge in [0, 0.05) is 25.2 Å². The third-order valence-electron chi connectivity index (χ3n) is 3.62. The average molecular weight is 262 g/mol. The maximum Gasteiger partial charge on any atom is 0.269 e. The van der Waals surface area contributed by atoms with E-state index in [1.807, 2.05) is 12.1 Å². The second-order valence-electron chi connectivity index (χ2n) is 5.42. The molecule has 4 heteroatoms. The molecular formula is C15H22N2O2. The van der Waals surface area contributed by atoms with E-state index in [4.69, 9.17) is 0 Å². The van der Waals surface area contributed by atoms with Crippen LogP contribution in [0.4, 0.5) is 5.69 Å². The predicted molar refractivity (Wildman–Crippen MR) is 76.3 cm³/mol. The lowest BCUT2D eigenvalue weighted by atomic mass is 10.1. The Bertz CT molecular complexity index is 413. The first-order valence-corrected chi connectivity index (χ1v) is 7.14. The Morgan fingerprint density at radius 3 is 2.47 bits per heavy atom. The van der Waals surface area contributed by atoms with Gasteiger partial charge in [0.1, 0.15) is 0 Å². The lowest BCUT2D eigenvalue weighted by molar-refractivity contribution is -0.384. The van der Waals surface area contributed by atoms with Crippen LogP contribution in [0.5, 0.6) is 0 Å². The quantitative estimate of drug-likeness (QED) is 0.533. The van der Waals surface area contributed by atoms with E-state index in [-0.39, 0.29) is 10.6 Å². The van der Waals surface area contributed by atoms with Gasteiger partial charge in [-0.3, -0.25) is 10.1 Å². The van der Waals surface area contributed by atoms with E-state index < -0.39 is 0 Å². The summed E-state index contributed by atoms with van der Waals surface area (Å²) in [4.78, 5) is 12.8. The van der Waals surface area contributed by atoms with Gasteiger partial charge < -0.3 is 4.90 Å². The van der Waals surface area contributed by atoms with E-state index in [0.29, 0.717) is 0 Å². The number of nitro benzene ring substituents is 1. The first-order chi connectivity index (χ1) is 9.19. The Morgan fingerprint density at radius 1 is 1.26 bits per heavy atom. The summed E-state index contributed by atoms with van der Waals surface area (Å²) in [6.07, 6.45) is 4.94. The van der Waals surface area contributed by atoms with E-state index in [1.165, 1.54) is 31.4 Å². The Kier molecular flexibility index (Phi) is 4.91. The van der Waals surface area contributed by atoms with Crippen molar-refractivity contribution in [1.82, 2.24) is 4.90 Å². The lowest BCUT2D eigenvalue weighted by Crippen LogP contribution is -2.29. The Balaban J connectivity index is 1.83. The molecule has 0 aromatic heterocycles. The largest absolute Gasteiger partial charge is 0.303 e. The van der Waals surface area contributed by atoms with Gasteiger partial charge in [0.05, 0.1) is 4.92 Å². The van der Waals surface area contributed by atoms with Gasteiger partial charge in [0.25, 0.3) is 5.69 Å². The standard InChI is InChI=1S/C15H22N2O2/c1-2-10-16(12-14-3-4-14)11-9-13-5-7-15(8-6-13)17(18)19/h5-8,14H,2-4,9-12H2,1H3. The molecule has 0 unspecified atom stereocenters. The monoisotopic (exact) mass is 262 g/mol. The van der Waals surface area contributed by atoms with Crippen molar-refractivity contribution in [3.63, 3.8) is 0 Å². The van der Waals surface area contributed by atoms with Crippen LogP contribution in [0.2, 0.25) is 0 Å². The van der Waals surface area contributed by atoms with E-state index in [0.717, 1.165) is 25.4 Å². The van der Waals surface area contributed by atoms with Crippen LogP contribution in [0.15, 0.2) is 24.3 Å². The topological polar surface area (TPSA) is 46.4 Å². The van der Waals surface area contributed by atoms with Gasteiger partial charge in [0.15, 0.2) is 0 Å². The van der Waals surface area contributed by atoms with Crippen LogP contribution < -0.4 is 0 Å². The molecule has 0 N–H and O–H groups in total. The third kappa shape index (κ3) is 4.63. The summed E-state index contributed by atoms with van der Waals surface area (Å²) in [5, 5.41) is 10.6. The molecule has 2 rings (SSSR count). The minimum absolute atomic E-state index is 0.173. The molecule has 1 aromatic carbocycles. The van der Waals surface area contributed by atoms with Crippen LogP contribution in [-0.4, -0.2) is 29.5 Å². The van der Waals surface area contributed by atoms with Gasteiger partial charge in [-0.2, -0.15) is 0 Å². The number of rotatable bonds is 8. The molecule has 1 aliphatic rings. The summed E-state index contributed by atoms with van der Waals surface area (Å²) >= 11 is 0. The summed E-state index contributed by atoms with van der Waals surface area (Å²) in [5.74, 6) is 0.920. The van der Waals surface area contributed by atoms with Gasteiger partial charge in [-0.15, -0.1) is 0 Å². The van der Waals surface area contributed by atoms with Crippen LogP contribution in [0, 0.1) is 16.0 Å². The van der Waals surface area contributed by atoms with E-state index >= 15 is 0 Å².